The second-order valence-corrected chi connectivity index (χ2v) is 9.17. The molecular weight excluding hydrogens is 428 g/mol. The first kappa shape index (κ1) is 25.2. The van der Waals surface area contributed by atoms with Crippen LogP contribution in [0.25, 0.3) is 0 Å². The summed E-state index contributed by atoms with van der Waals surface area (Å²) in [5.74, 6) is -0.511. The molecule has 1 aliphatic heterocycles. The molecule has 2 amide bonds. The molecule has 2 aromatic rings. The zero-order valence-electron chi connectivity index (χ0n) is 20.7. The van der Waals surface area contributed by atoms with Crippen molar-refractivity contribution in [3.8, 4) is 0 Å². The van der Waals surface area contributed by atoms with E-state index in [2.05, 4.69) is 5.32 Å². The third kappa shape index (κ3) is 5.93. The average molecular weight is 463 g/mol. The second-order valence-electron chi connectivity index (χ2n) is 9.17. The Kier molecular flexibility index (Phi) is 8.26. The monoisotopic (exact) mass is 462 g/mol. The van der Waals surface area contributed by atoms with Gasteiger partial charge in [-0.2, -0.15) is 0 Å². The molecule has 0 aromatic heterocycles. The highest BCUT2D eigenvalue weighted by molar-refractivity contribution is 5.96. The van der Waals surface area contributed by atoms with Crippen LogP contribution < -0.4 is 5.32 Å². The average Bonchev–Trinajstić information content (AvgIpc) is 2.80. The lowest BCUT2D eigenvalue weighted by molar-refractivity contribution is -0.140. The van der Waals surface area contributed by atoms with Crippen molar-refractivity contribution in [1.82, 2.24) is 10.2 Å². The molecule has 0 aliphatic carbocycles. The molecule has 180 valence electrons. The molecule has 0 saturated carbocycles. The van der Waals surface area contributed by atoms with Crippen LogP contribution in [0.15, 0.2) is 59.8 Å². The van der Waals surface area contributed by atoms with E-state index in [4.69, 9.17) is 4.74 Å². The van der Waals surface area contributed by atoms with E-state index in [1.807, 2.05) is 57.2 Å². The Morgan fingerprint density at radius 2 is 1.82 bits per heavy atom. The van der Waals surface area contributed by atoms with E-state index in [0.717, 1.165) is 16.7 Å². The number of amides is 2. The van der Waals surface area contributed by atoms with E-state index < -0.39 is 0 Å². The minimum atomic E-state index is -0.388. The Morgan fingerprint density at radius 3 is 2.44 bits per heavy atom. The summed E-state index contributed by atoms with van der Waals surface area (Å²) in [4.78, 5) is 40.1. The number of ether oxygens (including phenoxy) is 1. The van der Waals surface area contributed by atoms with E-state index in [-0.39, 0.29) is 36.7 Å². The van der Waals surface area contributed by atoms with E-state index in [9.17, 15) is 14.4 Å². The van der Waals surface area contributed by atoms with Gasteiger partial charge in [-0.05, 0) is 49.9 Å². The maximum Gasteiger partial charge on any atom is 0.336 e. The van der Waals surface area contributed by atoms with E-state index in [0.29, 0.717) is 35.8 Å². The molecule has 34 heavy (non-hydrogen) atoms. The predicted molar refractivity (Wildman–Crippen MR) is 132 cm³/mol. The Morgan fingerprint density at radius 1 is 1.12 bits per heavy atom. The van der Waals surface area contributed by atoms with Gasteiger partial charge < -0.3 is 15.0 Å². The van der Waals surface area contributed by atoms with Crippen molar-refractivity contribution in [3.05, 3.63) is 82.1 Å². The van der Waals surface area contributed by atoms with E-state index in [1.165, 1.54) is 0 Å². The van der Waals surface area contributed by atoms with Crippen LogP contribution in [0.5, 0.6) is 0 Å². The molecular formula is C28H34N2O4. The van der Waals surface area contributed by atoms with Crippen LogP contribution in [0.1, 0.15) is 67.1 Å². The third-order valence-electron chi connectivity index (χ3n) is 5.99. The number of allylic oxidation sites excluding steroid dienone is 1. The van der Waals surface area contributed by atoms with Crippen LogP contribution in [-0.4, -0.2) is 35.8 Å². The molecule has 0 radical (unpaired) electrons. The normalized spacial score (nSPS) is 16.1. The SMILES string of the molecule is CCOC(=O)C1=C(C)N(Cc2ccc(C(=O)NCC(C)C)cc2)C(=O)CC1c1cccc(C)c1. The molecule has 1 unspecified atom stereocenters. The fraction of sp³-hybridized carbons (Fsp3) is 0.393. The van der Waals surface area contributed by atoms with Gasteiger partial charge in [0.05, 0.1) is 18.7 Å². The molecule has 1 N–H and O–H groups in total. The highest BCUT2D eigenvalue weighted by Gasteiger charge is 2.36. The van der Waals surface area contributed by atoms with Crippen molar-refractivity contribution in [3.63, 3.8) is 0 Å². The first-order chi connectivity index (χ1) is 16.2. The molecule has 0 bridgehead atoms. The van der Waals surface area contributed by atoms with Crippen LogP contribution in [0.3, 0.4) is 0 Å². The molecule has 1 heterocycles. The fourth-order valence-corrected chi connectivity index (χ4v) is 4.19. The largest absolute Gasteiger partial charge is 0.463 e. The third-order valence-corrected chi connectivity index (χ3v) is 5.99. The Balaban J connectivity index is 1.87. The van der Waals surface area contributed by atoms with Gasteiger partial charge in [0.1, 0.15) is 0 Å². The Labute approximate surface area is 202 Å². The van der Waals surface area contributed by atoms with Crippen molar-refractivity contribution in [2.24, 2.45) is 5.92 Å². The molecule has 3 rings (SSSR count). The fourth-order valence-electron chi connectivity index (χ4n) is 4.19. The number of carbonyl (C=O) groups excluding carboxylic acids is 3. The zero-order valence-corrected chi connectivity index (χ0v) is 20.7. The Hall–Kier alpha value is -3.41. The summed E-state index contributed by atoms with van der Waals surface area (Å²) in [6.07, 6.45) is 0.199. The molecule has 0 saturated heterocycles. The number of hydrogen-bond acceptors (Lipinski definition) is 4. The Bertz CT molecular complexity index is 1090. The summed E-state index contributed by atoms with van der Waals surface area (Å²) in [5, 5.41) is 2.91. The van der Waals surface area contributed by atoms with Gasteiger partial charge in [0, 0.05) is 30.1 Å². The summed E-state index contributed by atoms with van der Waals surface area (Å²) < 4.78 is 5.37. The highest BCUT2D eigenvalue weighted by Crippen LogP contribution is 2.38. The van der Waals surface area contributed by atoms with Crippen molar-refractivity contribution >= 4 is 17.8 Å². The van der Waals surface area contributed by atoms with Gasteiger partial charge in [0.15, 0.2) is 0 Å². The molecule has 0 fully saturated rings. The number of hydrogen-bond donors (Lipinski definition) is 1. The van der Waals surface area contributed by atoms with Crippen molar-refractivity contribution in [1.29, 1.82) is 0 Å². The lowest BCUT2D eigenvalue weighted by Crippen LogP contribution is -2.38. The van der Waals surface area contributed by atoms with Gasteiger partial charge in [-0.3, -0.25) is 9.59 Å². The number of nitrogens with zero attached hydrogens (tertiary/aromatic N) is 1. The van der Waals surface area contributed by atoms with Crippen LogP contribution in [0.4, 0.5) is 0 Å². The lowest BCUT2D eigenvalue weighted by Gasteiger charge is -2.34. The van der Waals surface area contributed by atoms with Crippen LogP contribution in [0.2, 0.25) is 0 Å². The van der Waals surface area contributed by atoms with Crippen LogP contribution in [-0.2, 0) is 20.9 Å². The molecule has 1 atom stereocenters. The number of carbonyl (C=O) groups is 3. The molecule has 0 spiro atoms. The molecule has 6 nitrogen and oxygen atoms in total. The smallest absolute Gasteiger partial charge is 0.336 e. The maximum absolute atomic E-state index is 13.2. The van der Waals surface area contributed by atoms with Gasteiger partial charge >= 0.3 is 5.97 Å². The minimum Gasteiger partial charge on any atom is -0.463 e. The van der Waals surface area contributed by atoms with Crippen molar-refractivity contribution in [2.45, 2.75) is 53.5 Å². The minimum absolute atomic E-state index is 0.0455. The van der Waals surface area contributed by atoms with Crippen LogP contribution in [0, 0.1) is 12.8 Å². The topological polar surface area (TPSA) is 75.7 Å². The number of rotatable bonds is 8. The summed E-state index contributed by atoms with van der Waals surface area (Å²) >= 11 is 0. The number of esters is 1. The quantitative estimate of drug-likeness (QED) is 0.575. The molecule has 2 aromatic carbocycles. The van der Waals surface area contributed by atoms with Gasteiger partial charge in [0.2, 0.25) is 5.91 Å². The predicted octanol–water partition coefficient (Wildman–Crippen LogP) is 4.73. The summed E-state index contributed by atoms with van der Waals surface area (Å²) in [5.41, 5.74) is 4.60. The first-order valence-electron chi connectivity index (χ1n) is 11.8. The highest BCUT2D eigenvalue weighted by atomic mass is 16.5. The summed E-state index contributed by atoms with van der Waals surface area (Å²) in [7, 11) is 0. The molecule has 6 heteroatoms. The summed E-state index contributed by atoms with van der Waals surface area (Å²) in [6, 6.07) is 15.1. The van der Waals surface area contributed by atoms with Gasteiger partial charge in [-0.25, -0.2) is 4.79 Å². The number of nitrogens with one attached hydrogen (secondary N) is 1. The van der Waals surface area contributed by atoms with E-state index in [1.54, 1.807) is 30.9 Å². The first-order valence-corrected chi connectivity index (χ1v) is 11.8. The number of aryl methyl sites for hydroxylation is 1. The van der Waals surface area contributed by atoms with Crippen molar-refractivity contribution in [2.75, 3.05) is 13.2 Å². The van der Waals surface area contributed by atoms with Gasteiger partial charge in [0.25, 0.3) is 5.91 Å². The van der Waals surface area contributed by atoms with Gasteiger partial charge in [-0.1, -0.05) is 55.8 Å². The lowest BCUT2D eigenvalue weighted by atomic mass is 9.83. The van der Waals surface area contributed by atoms with E-state index >= 15 is 0 Å². The van der Waals surface area contributed by atoms with Gasteiger partial charge in [-0.15, -0.1) is 0 Å². The van der Waals surface area contributed by atoms with Crippen molar-refractivity contribution < 1.29 is 19.1 Å². The standard InChI is InChI=1S/C28H34N2O4/c1-6-34-28(33)26-20(5)30(25(31)15-24(26)23-9-7-8-19(4)14-23)17-21-10-12-22(13-11-21)27(32)29-16-18(2)3/h7-14,18,24H,6,15-17H2,1-5H3,(H,29,32). The second kappa shape index (κ2) is 11.1. The summed E-state index contributed by atoms with van der Waals surface area (Å²) in [6.45, 7) is 10.9. The number of benzene rings is 2. The van der Waals surface area contributed by atoms with Crippen LogP contribution >= 0.6 is 0 Å². The molecule has 1 aliphatic rings. The maximum atomic E-state index is 13.2. The zero-order chi connectivity index (χ0) is 24.8.